The quantitative estimate of drug-likeness (QED) is 0.0459. The highest BCUT2D eigenvalue weighted by atomic mass is 19.1. The first-order valence-electron chi connectivity index (χ1n) is 20.5. The maximum Gasteiger partial charge on any atom is 0.410 e. The second kappa shape index (κ2) is 20.6. The van der Waals surface area contributed by atoms with Gasteiger partial charge in [-0.05, 0) is 91.5 Å². The number of carbonyl (C=O) groups is 1. The summed E-state index contributed by atoms with van der Waals surface area (Å²) < 4.78 is 40.5. The topological polar surface area (TPSA) is 162 Å². The first kappa shape index (κ1) is 44.0. The molecule has 6 rings (SSSR count). The average molecular weight is 828 g/mol. The van der Waals surface area contributed by atoms with Crippen molar-refractivity contribution in [2.75, 3.05) is 33.5 Å². The molecule has 0 radical (unpaired) electrons. The van der Waals surface area contributed by atoms with Crippen LogP contribution in [0.25, 0.3) is 0 Å². The summed E-state index contributed by atoms with van der Waals surface area (Å²) in [5.41, 5.74) is 2.78. The summed E-state index contributed by atoms with van der Waals surface area (Å²) in [5.74, 6) is -1.78. The summed E-state index contributed by atoms with van der Waals surface area (Å²) in [7, 11) is 1.47. The number of nitrogens with zero attached hydrogens (tertiary/aromatic N) is 3. The molecule has 0 spiro atoms. The molecule has 2 N–H and O–H groups in total. The second-order valence-electron chi connectivity index (χ2n) is 15.3. The summed E-state index contributed by atoms with van der Waals surface area (Å²) in [4.78, 5) is 32.6. The summed E-state index contributed by atoms with van der Waals surface area (Å²) >= 11 is 0. The van der Waals surface area contributed by atoms with Gasteiger partial charge in [0.1, 0.15) is 36.2 Å². The van der Waals surface area contributed by atoms with Crippen molar-refractivity contribution in [3.8, 4) is 17.2 Å². The van der Waals surface area contributed by atoms with E-state index in [2.05, 4.69) is 24.4 Å². The molecule has 60 heavy (non-hydrogen) atoms. The van der Waals surface area contributed by atoms with Gasteiger partial charge in [-0.1, -0.05) is 54.4 Å². The van der Waals surface area contributed by atoms with Gasteiger partial charge in [0.05, 0.1) is 35.8 Å². The van der Waals surface area contributed by atoms with Gasteiger partial charge in [-0.2, -0.15) is 0 Å². The third kappa shape index (κ3) is 9.72. The third-order valence-electron chi connectivity index (χ3n) is 11.5. The number of hydrogen-bond acceptors (Lipinski definition) is 11. The number of carbonyl (C=O) groups excluding carboxylic acids is 1. The van der Waals surface area contributed by atoms with Crippen LogP contribution >= 0.6 is 0 Å². The summed E-state index contributed by atoms with van der Waals surface area (Å²) in [5, 5.41) is 35.9. The van der Waals surface area contributed by atoms with Crippen LogP contribution in [0.3, 0.4) is 0 Å². The van der Waals surface area contributed by atoms with Gasteiger partial charge in [-0.15, -0.1) is 13.2 Å². The predicted octanol–water partition coefficient (Wildman–Crippen LogP) is 9.00. The smallest absolute Gasteiger partial charge is 0.410 e. The fourth-order valence-electron chi connectivity index (χ4n) is 9.02. The van der Waals surface area contributed by atoms with E-state index in [0.717, 1.165) is 30.4 Å². The number of fused-ring (bicyclic) bond motifs is 2. The fourth-order valence-corrected chi connectivity index (χ4v) is 9.02. The molecule has 1 fully saturated rings. The maximum absolute atomic E-state index is 14.4. The third-order valence-corrected chi connectivity index (χ3v) is 11.5. The van der Waals surface area contributed by atoms with Crippen LogP contribution in [-0.2, 0) is 20.9 Å². The molecule has 0 unspecified atom stereocenters. The van der Waals surface area contributed by atoms with Crippen molar-refractivity contribution < 1.29 is 48.1 Å². The van der Waals surface area contributed by atoms with E-state index in [4.69, 9.17) is 23.8 Å². The number of aliphatic hydroxyl groups is 2. The number of amides is 1. The van der Waals surface area contributed by atoms with Crippen LogP contribution in [0, 0.1) is 33.7 Å². The highest BCUT2D eigenvalue weighted by Crippen LogP contribution is 2.62. The van der Waals surface area contributed by atoms with Gasteiger partial charge in [0.25, 0.3) is 5.69 Å². The van der Waals surface area contributed by atoms with Gasteiger partial charge in [-0.3, -0.25) is 15.0 Å². The van der Waals surface area contributed by atoms with Gasteiger partial charge >= 0.3 is 6.09 Å². The predicted molar refractivity (Wildman–Crippen MR) is 223 cm³/mol. The van der Waals surface area contributed by atoms with Crippen LogP contribution in [0.5, 0.6) is 17.2 Å². The summed E-state index contributed by atoms with van der Waals surface area (Å²) in [6.07, 6.45) is 9.61. The first-order valence-corrected chi connectivity index (χ1v) is 20.5. The van der Waals surface area contributed by atoms with Crippen LogP contribution < -0.4 is 9.47 Å². The monoisotopic (exact) mass is 827 g/mol. The minimum atomic E-state index is -1.56. The average Bonchev–Trinajstić information content (AvgIpc) is 3.24. The zero-order valence-corrected chi connectivity index (χ0v) is 34.0. The van der Waals surface area contributed by atoms with Gasteiger partial charge in [0, 0.05) is 43.7 Å². The van der Waals surface area contributed by atoms with Crippen LogP contribution in [0.4, 0.5) is 14.9 Å². The largest absolute Gasteiger partial charge is 0.459 e. The van der Waals surface area contributed by atoms with Crippen molar-refractivity contribution >= 4 is 17.5 Å². The molecule has 1 heterocycles. The highest BCUT2D eigenvalue weighted by Gasteiger charge is 2.65. The molecule has 6 atom stereocenters. The first-order chi connectivity index (χ1) is 29.2. The molecule has 0 bridgehead atoms. The highest BCUT2D eigenvalue weighted by molar-refractivity contribution is 6.03. The lowest BCUT2D eigenvalue weighted by molar-refractivity contribution is -0.384. The van der Waals surface area contributed by atoms with E-state index in [0.29, 0.717) is 48.5 Å². The number of aliphatic hydroxyl groups excluding tert-OH is 2. The number of rotatable bonds is 21. The lowest BCUT2D eigenvalue weighted by atomic mass is 9.55. The molecule has 1 amide bonds. The Labute approximate surface area is 349 Å². The Kier molecular flexibility index (Phi) is 15.1. The van der Waals surface area contributed by atoms with Crippen molar-refractivity contribution in [3.63, 3.8) is 0 Å². The molecule has 3 aliphatic rings. The van der Waals surface area contributed by atoms with E-state index in [9.17, 15) is 29.5 Å². The van der Waals surface area contributed by atoms with Crippen molar-refractivity contribution in [2.24, 2.45) is 22.9 Å². The number of unbranched alkanes of at least 4 members (excludes halogenated alkanes) is 2. The normalized spacial score (nSPS) is 23.3. The molecule has 3 aromatic rings. The Morgan fingerprint density at radius 1 is 1.03 bits per heavy atom. The van der Waals surface area contributed by atoms with Gasteiger partial charge < -0.3 is 34.0 Å². The van der Waals surface area contributed by atoms with Crippen molar-refractivity contribution in [1.82, 2.24) is 4.90 Å². The minimum absolute atomic E-state index is 0.00584. The molecule has 2 aliphatic carbocycles. The van der Waals surface area contributed by atoms with Gasteiger partial charge in [-0.25, -0.2) is 9.18 Å². The number of ether oxygens (including phenoxy) is 4. The molecule has 0 aromatic heterocycles. The molecule has 1 aliphatic heterocycles. The second-order valence-corrected chi connectivity index (χ2v) is 15.3. The number of oxime groups is 1. The lowest BCUT2D eigenvalue weighted by Crippen LogP contribution is -2.70. The molecular weight excluding hydrogens is 774 g/mol. The molecule has 320 valence electrons. The van der Waals surface area contributed by atoms with Crippen LogP contribution in [0.15, 0.2) is 109 Å². The van der Waals surface area contributed by atoms with Crippen molar-refractivity contribution in [2.45, 2.75) is 75.7 Å². The fraction of sp³-hybridized carbons (Fsp3) is 0.435. The Bertz CT molecular complexity index is 2040. The van der Waals surface area contributed by atoms with Crippen LogP contribution in [0.2, 0.25) is 0 Å². The molecule has 0 saturated heterocycles. The number of benzene rings is 3. The Morgan fingerprint density at radius 3 is 2.48 bits per heavy atom. The molecule has 3 aromatic carbocycles. The van der Waals surface area contributed by atoms with E-state index >= 15 is 0 Å². The zero-order chi connectivity index (χ0) is 42.6. The molecule has 13 nitrogen and oxygen atoms in total. The number of halogens is 1. The van der Waals surface area contributed by atoms with Crippen LogP contribution in [-0.4, -0.2) is 77.2 Å². The number of allylic oxidation sites excluding steroid dienone is 1. The summed E-state index contributed by atoms with van der Waals surface area (Å²) in [6.45, 7) is 7.97. The van der Waals surface area contributed by atoms with Gasteiger partial charge in [0.15, 0.2) is 0 Å². The van der Waals surface area contributed by atoms with Gasteiger partial charge in [0.2, 0.25) is 5.79 Å². The zero-order valence-electron chi connectivity index (χ0n) is 34.0. The standard InChI is InChI=1S/C46H54FN3O10/c1-4-6-25-57-45(53)49(30-31-16-18-33(47)19-17-31)42-29-40(48-56-3)38-26-32(12-7-9-22-51)37(15-8-10-23-52)43-39-28-36(59-35-14-11-13-34(27-35)50(54)55)20-21-41(39)60-46(42,44(38)43)58-24-5-2/h4-5,11,13-14,16-21,26-28,32,37,42-44,51-52H,1-2,6-10,12,15,22-25,29-30H2,3H3/t32-,37+,42-,43+,44+,46+/m0/s1. The van der Waals surface area contributed by atoms with E-state index in [1.54, 1.807) is 53.5 Å². The van der Waals surface area contributed by atoms with E-state index in [1.807, 2.05) is 6.07 Å². The van der Waals surface area contributed by atoms with E-state index in [-0.39, 0.29) is 68.6 Å². The van der Waals surface area contributed by atoms with E-state index in [1.165, 1.54) is 31.4 Å². The van der Waals surface area contributed by atoms with E-state index < -0.39 is 34.6 Å². The number of hydrogen-bond donors (Lipinski definition) is 2. The Balaban J connectivity index is 1.58. The maximum atomic E-state index is 14.4. The SMILES string of the molecule is C=CCCOC(=O)N(Cc1ccc(F)cc1)[C@H]1CC(=NOC)C2=C[C@H](CCCCO)[C@@H](CCCCO)[C@@H]3c4cc(Oc5cccc([N+](=O)[O-])c5)ccc4O[C@@]1(OCC=C)[C@H]23. The summed E-state index contributed by atoms with van der Waals surface area (Å²) in [6, 6.07) is 16.4. The molecule has 14 heteroatoms. The van der Waals surface area contributed by atoms with Crippen molar-refractivity contribution in [3.05, 3.63) is 131 Å². The van der Waals surface area contributed by atoms with Crippen LogP contribution in [0.1, 0.15) is 68.4 Å². The molecule has 1 saturated carbocycles. The Morgan fingerprint density at radius 2 is 1.78 bits per heavy atom. The van der Waals surface area contributed by atoms with Crippen molar-refractivity contribution in [1.29, 1.82) is 0 Å². The lowest BCUT2D eigenvalue weighted by Gasteiger charge is -2.59. The number of non-ortho nitro benzene ring substituents is 1. The minimum Gasteiger partial charge on any atom is -0.459 e. The Hall–Kier alpha value is -5.57. The molecular formula is C46H54FN3O10. The number of nitro benzene ring substituents is 1. The number of nitro groups is 1.